The molecule has 370 valence electrons. The molecule has 0 saturated heterocycles. The number of benzene rings is 6. The van der Waals surface area contributed by atoms with Crippen LogP contribution in [-0.2, 0) is 18.8 Å². The first-order chi connectivity index (χ1) is 34.0. The fraction of sp³-hybridized carbons (Fsp3) is 0.184. The van der Waals surface area contributed by atoms with Crippen LogP contribution in [0.5, 0.6) is 5.75 Å². The van der Waals surface area contributed by atoms with Crippen LogP contribution in [0.15, 0.2) is 78.9 Å². The van der Waals surface area contributed by atoms with E-state index in [-0.39, 0.29) is 110 Å². The zero-order valence-electron chi connectivity index (χ0n) is 36.1. The number of hydrogen-bond donors (Lipinski definition) is 6. The Balaban J connectivity index is 1.03. The fourth-order valence-corrected chi connectivity index (χ4v) is 10.00. The average Bonchev–Trinajstić information content (AvgIpc) is 3.86. The van der Waals surface area contributed by atoms with Gasteiger partial charge < -0.3 is 36.6 Å². The van der Waals surface area contributed by atoms with Gasteiger partial charge in [-0.1, -0.05) is 23.2 Å². The van der Waals surface area contributed by atoms with Crippen LogP contribution in [0.2, 0.25) is 10.0 Å². The summed E-state index contributed by atoms with van der Waals surface area (Å²) in [5.41, 5.74) is -6.33. The Labute approximate surface area is 409 Å². The van der Waals surface area contributed by atoms with E-state index in [9.17, 15) is 45.5 Å². The molecule has 0 bridgehead atoms. The van der Waals surface area contributed by atoms with Crippen molar-refractivity contribution in [1.29, 1.82) is 0 Å². The molecule has 0 saturated carbocycles. The van der Waals surface area contributed by atoms with Crippen LogP contribution in [-0.4, -0.2) is 36.8 Å². The number of halogens is 12. The number of fused-ring (bicyclic) bond motifs is 6. The van der Waals surface area contributed by atoms with Gasteiger partial charge in [-0.15, -0.1) is 0 Å². The Bertz CT molecular complexity index is 3370. The third-order valence-corrected chi connectivity index (χ3v) is 13.3. The van der Waals surface area contributed by atoms with Crippen molar-refractivity contribution in [1.82, 2.24) is 10.6 Å². The van der Waals surface area contributed by atoms with Crippen molar-refractivity contribution in [3.63, 3.8) is 0 Å². The lowest BCUT2D eigenvalue weighted by Crippen LogP contribution is -2.26. The van der Waals surface area contributed by atoms with E-state index in [1.54, 1.807) is 0 Å². The van der Waals surface area contributed by atoms with Gasteiger partial charge in [0.15, 0.2) is 5.75 Å². The van der Waals surface area contributed by atoms with Gasteiger partial charge in [0, 0.05) is 66.9 Å². The first-order valence-electron chi connectivity index (χ1n) is 21.5. The van der Waals surface area contributed by atoms with Gasteiger partial charge in [0.1, 0.15) is 29.9 Å². The van der Waals surface area contributed by atoms with Gasteiger partial charge >= 0.3 is 12.4 Å². The van der Waals surface area contributed by atoms with E-state index in [2.05, 4.69) is 31.9 Å². The number of aryl methyl sites for hydroxylation is 1. The van der Waals surface area contributed by atoms with Crippen LogP contribution in [0.25, 0.3) is 0 Å². The topological polar surface area (TPSA) is 150 Å². The van der Waals surface area contributed by atoms with Crippen molar-refractivity contribution in [2.45, 2.75) is 43.3 Å². The van der Waals surface area contributed by atoms with Gasteiger partial charge in [0.05, 0.1) is 51.8 Å². The fourth-order valence-electron chi connectivity index (χ4n) is 9.55. The lowest BCUT2D eigenvalue weighted by Gasteiger charge is -2.32. The molecule has 0 radical (unpaired) electrons. The van der Waals surface area contributed by atoms with Gasteiger partial charge in [0.2, 0.25) is 0 Å². The summed E-state index contributed by atoms with van der Waals surface area (Å²) in [6, 6.07) is 7.03. The van der Waals surface area contributed by atoms with E-state index in [0.717, 1.165) is 30.3 Å². The quantitative estimate of drug-likeness (QED) is 0.0872. The second kappa shape index (κ2) is 17.7. The van der Waals surface area contributed by atoms with E-state index < -0.39 is 105 Å². The van der Waals surface area contributed by atoms with Crippen molar-refractivity contribution in [2.24, 2.45) is 0 Å². The van der Waals surface area contributed by atoms with E-state index in [1.807, 2.05) is 0 Å². The Morgan fingerprint density at radius 3 is 1.83 bits per heavy atom. The molecule has 6 aromatic carbocycles. The standard InChI is InChI=1S/C49H30Cl2F10N6O5/c50-28-4-2-22(52)15-25(28)41-36-32(64-44(68)19-9-21(48(56,57)58)14-24(54)10-19)13-18-1-6-31(63-40(18)38(36)46(70)66-41)35-27(49(59,60)61)11-20(12-30(35)55)45(69)65-33-17-34-43(72-8-7-62-34)39-37(33)42(67-47(39)71)26-16-23(53)3-5-29(26)51/h2-5,9-17,31,41-42,62-63H,1,6-8H2,(H,64,68)(H,65,69)(H,66,70)(H,67,71). The summed E-state index contributed by atoms with van der Waals surface area (Å²) in [6.45, 7) is 0.395. The highest BCUT2D eigenvalue weighted by molar-refractivity contribution is 6.32. The summed E-state index contributed by atoms with van der Waals surface area (Å²) in [6.07, 6.45) is -10.9. The first kappa shape index (κ1) is 48.1. The molecule has 0 aliphatic carbocycles. The molecule has 4 amide bonds. The van der Waals surface area contributed by atoms with Gasteiger partial charge in [-0.25, -0.2) is 17.6 Å². The van der Waals surface area contributed by atoms with E-state index in [1.165, 1.54) is 18.2 Å². The Kier molecular flexibility index (Phi) is 11.8. The maximum absolute atomic E-state index is 16.7. The molecule has 0 fully saturated rings. The average molecular weight is 1040 g/mol. The molecule has 72 heavy (non-hydrogen) atoms. The highest BCUT2D eigenvalue weighted by atomic mass is 35.5. The summed E-state index contributed by atoms with van der Waals surface area (Å²) in [5, 5.41) is 15.9. The molecule has 0 spiro atoms. The van der Waals surface area contributed by atoms with E-state index in [4.69, 9.17) is 27.9 Å². The highest BCUT2D eigenvalue weighted by Crippen LogP contribution is 2.50. The molecular weight excluding hydrogens is 1010 g/mol. The van der Waals surface area contributed by atoms with Gasteiger partial charge in [-0.05, 0) is 97.3 Å². The number of ether oxygens (including phenoxy) is 1. The predicted molar refractivity (Wildman–Crippen MR) is 242 cm³/mol. The zero-order chi connectivity index (χ0) is 51.3. The molecule has 0 aromatic heterocycles. The molecule has 4 aliphatic rings. The van der Waals surface area contributed by atoms with Crippen LogP contribution >= 0.6 is 23.2 Å². The molecule has 10 rings (SSSR count). The lowest BCUT2D eigenvalue weighted by molar-refractivity contribution is -0.139. The third-order valence-electron chi connectivity index (χ3n) is 12.6. The number of carbonyl (C=O) groups excluding carboxylic acids is 4. The Hall–Kier alpha value is -7.52. The molecule has 23 heteroatoms. The van der Waals surface area contributed by atoms with Gasteiger partial charge in [0.25, 0.3) is 23.6 Å². The highest BCUT2D eigenvalue weighted by Gasteiger charge is 2.44. The smallest absolute Gasteiger partial charge is 0.416 e. The summed E-state index contributed by atoms with van der Waals surface area (Å²) in [7, 11) is 0. The van der Waals surface area contributed by atoms with E-state index >= 15 is 17.6 Å². The minimum absolute atomic E-state index is 0.0236. The maximum Gasteiger partial charge on any atom is 0.416 e. The number of rotatable bonds is 7. The normalized spacial score (nSPS) is 17.8. The minimum atomic E-state index is -5.33. The van der Waals surface area contributed by atoms with Crippen LogP contribution in [0, 0.1) is 23.3 Å². The van der Waals surface area contributed by atoms with Crippen LogP contribution in [0.3, 0.4) is 0 Å². The van der Waals surface area contributed by atoms with Gasteiger partial charge in [-0.3, -0.25) is 19.2 Å². The summed E-state index contributed by atoms with van der Waals surface area (Å²) in [4.78, 5) is 55.1. The Morgan fingerprint density at radius 2 is 1.22 bits per heavy atom. The molecule has 4 aliphatic heterocycles. The first-order valence-corrected chi connectivity index (χ1v) is 22.3. The number of nitrogens with one attached hydrogen (secondary N) is 6. The van der Waals surface area contributed by atoms with Crippen LogP contribution in [0.1, 0.15) is 110 Å². The maximum atomic E-state index is 16.7. The second-order valence-corrected chi connectivity index (χ2v) is 17.9. The molecule has 3 unspecified atom stereocenters. The predicted octanol–water partition coefficient (Wildman–Crippen LogP) is 11.7. The molecule has 11 nitrogen and oxygen atoms in total. The van der Waals surface area contributed by atoms with Crippen molar-refractivity contribution < 1.29 is 67.8 Å². The summed E-state index contributed by atoms with van der Waals surface area (Å²) >= 11 is 12.9. The molecule has 6 aromatic rings. The van der Waals surface area contributed by atoms with Gasteiger partial charge in [-0.2, -0.15) is 26.3 Å². The lowest BCUT2D eigenvalue weighted by atomic mass is 9.85. The van der Waals surface area contributed by atoms with Crippen molar-refractivity contribution >= 4 is 69.6 Å². The number of anilines is 4. The molecule has 6 N–H and O–H groups in total. The minimum Gasteiger partial charge on any atom is -0.489 e. The van der Waals surface area contributed by atoms with Crippen molar-refractivity contribution in [2.75, 3.05) is 34.4 Å². The third kappa shape index (κ3) is 8.52. The Morgan fingerprint density at radius 1 is 0.639 bits per heavy atom. The monoisotopic (exact) mass is 1040 g/mol. The zero-order valence-corrected chi connectivity index (χ0v) is 37.7. The SMILES string of the molecule is O=C(Nc1cc2c(c3c1C(c1cc(F)ccc1Cl)NC3=O)NC(c1c(F)cc(C(=O)Nc3cc4c(c5c3C(c3cc(F)ccc3Cl)NC5=O)OCCN4)cc1C(F)(F)F)CC2)c1cc(F)cc(C(F)(F)F)c1. The van der Waals surface area contributed by atoms with Crippen LogP contribution in [0.4, 0.5) is 66.7 Å². The number of hydrogen-bond acceptors (Lipinski definition) is 7. The largest absolute Gasteiger partial charge is 0.489 e. The number of alkyl halides is 6. The van der Waals surface area contributed by atoms with Crippen molar-refractivity contribution in [3.8, 4) is 5.75 Å². The second-order valence-electron chi connectivity index (χ2n) is 17.0. The molecule has 4 heterocycles. The molecular formula is C49H30Cl2F10N6O5. The summed E-state index contributed by atoms with van der Waals surface area (Å²) in [5.74, 6) is -8.53. The van der Waals surface area contributed by atoms with Crippen molar-refractivity contribution in [3.05, 3.63) is 179 Å². The summed E-state index contributed by atoms with van der Waals surface area (Å²) < 4.78 is 153. The number of amides is 4. The van der Waals surface area contributed by atoms with E-state index in [0.29, 0.717) is 24.3 Å². The number of carbonyl (C=O) groups is 4. The van der Waals surface area contributed by atoms with Crippen LogP contribution < -0.4 is 36.6 Å². The molecule has 3 atom stereocenters.